The second kappa shape index (κ2) is 8.62. The number of carbonyl (C=O) groups excluding carboxylic acids is 1. The third-order valence-electron chi connectivity index (χ3n) is 4.74. The minimum Gasteiger partial charge on any atom is -0.439 e. The average Bonchev–Trinajstić information content (AvgIpc) is 2.76. The lowest BCUT2D eigenvalue weighted by Gasteiger charge is -2.35. The fourth-order valence-electron chi connectivity index (χ4n) is 3.16. The average molecular weight is 431 g/mol. The largest absolute Gasteiger partial charge is 0.439 e. The predicted molar refractivity (Wildman–Crippen MR) is 108 cm³/mol. The van der Waals surface area contributed by atoms with Crippen molar-refractivity contribution in [2.24, 2.45) is 0 Å². The third kappa shape index (κ3) is 4.33. The van der Waals surface area contributed by atoms with E-state index in [-0.39, 0.29) is 17.5 Å². The molecule has 0 bridgehead atoms. The molecular formula is C21H17ClF2N4O2. The molecule has 0 saturated carbocycles. The van der Waals surface area contributed by atoms with Crippen LogP contribution in [0, 0.1) is 11.6 Å². The molecule has 0 atom stereocenters. The molecule has 0 unspecified atom stereocenters. The van der Waals surface area contributed by atoms with Gasteiger partial charge in [-0.2, -0.15) is 0 Å². The van der Waals surface area contributed by atoms with E-state index in [1.807, 2.05) is 4.90 Å². The van der Waals surface area contributed by atoms with Crippen molar-refractivity contribution in [2.45, 2.75) is 0 Å². The van der Waals surface area contributed by atoms with Crippen LogP contribution in [0.15, 0.2) is 54.9 Å². The summed E-state index contributed by atoms with van der Waals surface area (Å²) in [7, 11) is 0. The maximum absolute atomic E-state index is 13.4. The van der Waals surface area contributed by atoms with Crippen LogP contribution < -0.4 is 9.64 Å². The van der Waals surface area contributed by atoms with Gasteiger partial charge >= 0.3 is 0 Å². The van der Waals surface area contributed by atoms with Gasteiger partial charge in [-0.05, 0) is 24.3 Å². The summed E-state index contributed by atoms with van der Waals surface area (Å²) in [6.07, 6.45) is 1.34. The number of ether oxygens (including phenoxy) is 1. The van der Waals surface area contributed by atoms with Gasteiger partial charge in [0.15, 0.2) is 11.6 Å². The Morgan fingerprint density at radius 2 is 1.73 bits per heavy atom. The van der Waals surface area contributed by atoms with Crippen LogP contribution >= 0.6 is 11.6 Å². The van der Waals surface area contributed by atoms with Crippen LogP contribution in [0.5, 0.6) is 11.6 Å². The summed E-state index contributed by atoms with van der Waals surface area (Å²) in [5.41, 5.74) is 0.483. The molecule has 1 saturated heterocycles. The molecule has 1 fully saturated rings. The lowest BCUT2D eigenvalue weighted by Crippen LogP contribution is -2.49. The lowest BCUT2D eigenvalue weighted by molar-refractivity contribution is 0.0746. The number of anilines is 1. The summed E-state index contributed by atoms with van der Waals surface area (Å²) in [6.45, 7) is 2.15. The van der Waals surface area contributed by atoms with E-state index in [1.165, 1.54) is 12.4 Å². The number of rotatable bonds is 4. The van der Waals surface area contributed by atoms with E-state index in [4.69, 9.17) is 16.3 Å². The Balaban J connectivity index is 1.41. The Morgan fingerprint density at radius 3 is 2.47 bits per heavy atom. The van der Waals surface area contributed by atoms with Gasteiger partial charge in [-0.3, -0.25) is 4.79 Å². The topological polar surface area (TPSA) is 58.6 Å². The maximum Gasteiger partial charge on any atom is 0.255 e. The summed E-state index contributed by atoms with van der Waals surface area (Å²) in [5, 5.41) is 0.430. The summed E-state index contributed by atoms with van der Waals surface area (Å²) < 4.78 is 31.9. The molecule has 1 aliphatic rings. The third-order valence-corrected chi connectivity index (χ3v) is 5.07. The Hall–Kier alpha value is -3.26. The van der Waals surface area contributed by atoms with Crippen LogP contribution in [-0.2, 0) is 0 Å². The van der Waals surface area contributed by atoms with Gasteiger partial charge in [0.05, 0.1) is 10.6 Å². The van der Waals surface area contributed by atoms with Gasteiger partial charge in [0.25, 0.3) is 5.91 Å². The predicted octanol–water partition coefficient (Wildman–Crippen LogP) is 4.16. The summed E-state index contributed by atoms with van der Waals surface area (Å²) in [4.78, 5) is 24.7. The molecule has 2 aromatic carbocycles. The maximum atomic E-state index is 13.4. The molecule has 9 heteroatoms. The van der Waals surface area contributed by atoms with Crippen molar-refractivity contribution in [3.8, 4) is 11.6 Å². The molecule has 0 spiro atoms. The van der Waals surface area contributed by atoms with Gasteiger partial charge in [-0.15, -0.1) is 0 Å². The van der Waals surface area contributed by atoms with Gasteiger partial charge < -0.3 is 14.5 Å². The van der Waals surface area contributed by atoms with Crippen molar-refractivity contribution < 1.29 is 18.3 Å². The van der Waals surface area contributed by atoms with E-state index in [1.54, 1.807) is 35.2 Å². The smallest absolute Gasteiger partial charge is 0.255 e. The first-order valence-electron chi connectivity index (χ1n) is 9.25. The second-order valence-electron chi connectivity index (χ2n) is 6.65. The van der Waals surface area contributed by atoms with Crippen LogP contribution in [0.4, 0.5) is 14.6 Å². The van der Waals surface area contributed by atoms with E-state index in [2.05, 4.69) is 9.97 Å². The molecule has 4 rings (SSSR count). The van der Waals surface area contributed by atoms with Crippen LogP contribution in [0.1, 0.15) is 10.4 Å². The highest BCUT2D eigenvalue weighted by Crippen LogP contribution is 2.25. The Kier molecular flexibility index (Phi) is 5.76. The minimum absolute atomic E-state index is 0.106. The number of amides is 1. The first-order valence-corrected chi connectivity index (χ1v) is 9.63. The van der Waals surface area contributed by atoms with Crippen LogP contribution in [-0.4, -0.2) is 47.0 Å². The van der Waals surface area contributed by atoms with E-state index < -0.39 is 11.6 Å². The number of piperazine rings is 1. The molecule has 1 aliphatic heterocycles. The standard InChI is InChI=1S/C21H17ClF2N4O2/c22-16-4-2-1-3-15(16)21(29)28-9-7-27(8-10-28)19-12-20(26-13-25-19)30-14-5-6-17(23)18(24)11-14/h1-6,11-13H,7-10H2. The molecule has 30 heavy (non-hydrogen) atoms. The number of hydrogen-bond donors (Lipinski definition) is 0. The van der Waals surface area contributed by atoms with Crippen LogP contribution in [0.2, 0.25) is 5.02 Å². The number of hydrogen-bond acceptors (Lipinski definition) is 5. The second-order valence-corrected chi connectivity index (χ2v) is 7.06. The Morgan fingerprint density at radius 1 is 0.967 bits per heavy atom. The summed E-state index contributed by atoms with van der Waals surface area (Å²) in [6, 6.07) is 11.9. The van der Waals surface area contributed by atoms with Crippen molar-refractivity contribution in [3.05, 3.63) is 77.1 Å². The van der Waals surface area contributed by atoms with Crippen LogP contribution in [0.3, 0.4) is 0 Å². The van der Waals surface area contributed by atoms with E-state index in [0.717, 1.165) is 12.1 Å². The van der Waals surface area contributed by atoms with Gasteiger partial charge in [0.1, 0.15) is 17.9 Å². The summed E-state index contributed by atoms with van der Waals surface area (Å²) >= 11 is 6.13. The van der Waals surface area contributed by atoms with Crippen molar-refractivity contribution >= 4 is 23.3 Å². The zero-order valence-electron chi connectivity index (χ0n) is 15.8. The fourth-order valence-corrected chi connectivity index (χ4v) is 3.38. The SMILES string of the molecule is O=C(c1ccccc1Cl)N1CCN(c2cc(Oc3ccc(F)c(F)c3)ncn2)CC1. The molecule has 0 N–H and O–H groups in total. The van der Waals surface area contributed by atoms with Crippen molar-refractivity contribution in [1.82, 2.24) is 14.9 Å². The molecule has 2 heterocycles. The lowest BCUT2D eigenvalue weighted by atomic mass is 10.2. The van der Waals surface area contributed by atoms with E-state index in [9.17, 15) is 13.6 Å². The van der Waals surface area contributed by atoms with Crippen molar-refractivity contribution in [2.75, 3.05) is 31.1 Å². The number of benzene rings is 2. The highest BCUT2D eigenvalue weighted by molar-refractivity contribution is 6.33. The van der Waals surface area contributed by atoms with Crippen LogP contribution in [0.25, 0.3) is 0 Å². The van der Waals surface area contributed by atoms with Gasteiger partial charge in [0.2, 0.25) is 5.88 Å². The normalized spacial score (nSPS) is 14.0. The number of aromatic nitrogens is 2. The van der Waals surface area contributed by atoms with Gasteiger partial charge in [0, 0.05) is 38.3 Å². The zero-order chi connectivity index (χ0) is 21.1. The monoisotopic (exact) mass is 430 g/mol. The molecule has 154 valence electrons. The molecule has 6 nitrogen and oxygen atoms in total. The molecule has 1 aromatic heterocycles. The highest BCUT2D eigenvalue weighted by Gasteiger charge is 2.24. The van der Waals surface area contributed by atoms with Crippen molar-refractivity contribution in [1.29, 1.82) is 0 Å². The van der Waals surface area contributed by atoms with E-state index >= 15 is 0 Å². The fraction of sp³-hybridized carbons (Fsp3) is 0.190. The Labute approximate surface area is 176 Å². The molecule has 0 aliphatic carbocycles. The zero-order valence-corrected chi connectivity index (χ0v) is 16.5. The quantitative estimate of drug-likeness (QED) is 0.622. The molecular weight excluding hydrogens is 414 g/mol. The minimum atomic E-state index is -0.999. The molecule has 3 aromatic rings. The number of halogens is 3. The first-order chi connectivity index (χ1) is 14.5. The van der Waals surface area contributed by atoms with Gasteiger partial charge in [-0.1, -0.05) is 23.7 Å². The molecule has 0 radical (unpaired) electrons. The first kappa shape index (κ1) is 20.0. The number of nitrogens with zero attached hydrogens (tertiary/aromatic N) is 4. The number of carbonyl (C=O) groups is 1. The molecule has 1 amide bonds. The van der Waals surface area contributed by atoms with Gasteiger partial charge in [-0.25, -0.2) is 18.7 Å². The van der Waals surface area contributed by atoms with E-state index in [0.29, 0.717) is 42.6 Å². The summed E-state index contributed by atoms with van der Waals surface area (Å²) in [5.74, 6) is -1.09. The van der Waals surface area contributed by atoms with Crippen molar-refractivity contribution in [3.63, 3.8) is 0 Å². The Bertz CT molecular complexity index is 1070. The highest BCUT2D eigenvalue weighted by atomic mass is 35.5.